The fourth-order valence-electron chi connectivity index (χ4n) is 2.02. The van der Waals surface area contributed by atoms with E-state index in [1.54, 1.807) is 6.07 Å². The average Bonchev–Trinajstić information content (AvgIpc) is 2.30. The van der Waals surface area contributed by atoms with Gasteiger partial charge in [0.05, 0.1) is 4.90 Å². The van der Waals surface area contributed by atoms with E-state index in [9.17, 15) is 22.8 Å². The molecule has 0 heterocycles. The standard InChI is InChI=1S/C11H17O5PS/c1-3-11(4-2,17(12,13)14)18(15,16)10-8-6-5-7-9-10/h5-9H,3-4H2,1-2H3,(H2,12,13,14). The Kier molecular flexibility index (Phi) is 4.38. The van der Waals surface area contributed by atoms with Gasteiger partial charge in [0.15, 0.2) is 14.3 Å². The van der Waals surface area contributed by atoms with E-state index in [4.69, 9.17) is 0 Å². The normalized spacial score (nSPS) is 13.6. The second-order valence-electron chi connectivity index (χ2n) is 4.01. The summed E-state index contributed by atoms with van der Waals surface area (Å²) < 4.78 is 34.6. The van der Waals surface area contributed by atoms with Crippen LogP contribution in [0.25, 0.3) is 0 Å². The SMILES string of the molecule is CCC(CC)(P(=O)(O)O)S(=O)(=O)c1ccccc1. The Labute approximate surface area is 107 Å². The molecule has 0 bridgehead atoms. The maximum absolute atomic E-state index is 12.5. The third kappa shape index (κ3) is 2.26. The number of hydrogen-bond donors (Lipinski definition) is 2. The Morgan fingerprint density at radius 2 is 1.56 bits per heavy atom. The van der Waals surface area contributed by atoms with E-state index in [2.05, 4.69) is 0 Å². The van der Waals surface area contributed by atoms with Gasteiger partial charge in [-0.25, -0.2) is 8.42 Å². The first-order chi connectivity index (χ1) is 8.23. The van der Waals surface area contributed by atoms with Crippen LogP contribution in [0.2, 0.25) is 0 Å². The van der Waals surface area contributed by atoms with Crippen molar-refractivity contribution >= 4 is 17.4 Å². The highest BCUT2D eigenvalue weighted by atomic mass is 32.2. The first-order valence-corrected chi connectivity index (χ1v) is 8.68. The van der Waals surface area contributed by atoms with Crippen molar-refractivity contribution in [2.75, 3.05) is 0 Å². The van der Waals surface area contributed by atoms with Crippen LogP contribution in [-0.2, 0) is 14.4 Å². The molecule has 0 aliphatic heterocycles. The van der Waals surface area contributed by atoms with Crippen molar-refractivity contribution in [3.05, 3.63) is 30.3 Å². The maximum Gasteiger partial charge on any atom is 0.347 e. The van der Waals surface area contributed by atoms with Crippen LogP contribution in [0.15, 0.2) is 35.2 Å². The molecule has 0 unspecified atom stereocenters. The Bertz CT molecular complexity index is 542. The molecule has 0 atom stereocenters. The molecule has 0 fully saturated rings. The van der Waals surface area contributed by atoms with E-state index in [1.807, 2.05) is 0 Å². The molecule has 0 aromatic heterocycles. The number of rotatable bonds is 5. The zero-order valence-corrected chi connectivity index (χ0v) is 12.0. The molecule has 102 valence electrons. The Balaban J connectivity index is 3.54. The summed E-state index contributed by atoms with van der Waals surface area (Å²) >= 11 is 0. The van der Waals surface area contributed by atoms with Gasteiger partial charge in [-0.05, 0) is 25.0 Å². The predicted octanol–water partition coefficient (Wildman–Crippen LogP) is 2.15. The fraction of sp³-hybridized carbons (Fsp3) is 0.455. The van der Waals surface area contributed by atoms with Crippen LogP contribution in [0.5, 0.6) is 0 Å². The second-order valence-corrected chi connectivity index (χ2v) is 8.52. The predicted molar refractivity (Wildman–Crippen MR) is 69.0 cm³/mol. The average molecular weight is 292 g/mol. The number of benzene rings is 1. The first kappa shape index (κ1) is 15.4. The van der Waals surface area contributed by atoms with Crippen molar-refractivity contribution in [2.45, 2.75) is 36.1 Å². The zero-order chi connectivity index (χ0) is 14.0. The van der Waals surface area contributed by atoms with Crippen LogP contribution in [0, 0.1) is 0 Å². The number of hydrogen-bond acceptors (Lipinski definition) is 3. The fourth-order valence-corrected chi connectivity index (χ4v) is 6.12. The molecule has 0 radical (unpaired) electrons. The molecular weight excluding hydrogens is 275 g/mol. The number of sulfone groups is 1. The summed E-state index contributed by atoms with van der Waals surface area (Å²) in [5.74, 6) is 0. The van der Waals surface area contributed by atoms with Gasteiger partial charge in [0.2, 0.25) is 0 Å². The minimum atomic E-state index is -4.78. The third-order valence-electron chi connectivity index (χ3n) is 3.19. The minimum Gasteiger partial charge on any atom is -0.323 e. The van der Waals surface area contributed by atoms with E-state index in [1.165, 1.54) is 38.1 Å². The highest BCUT2D eigenvalue weighted by molar-refractivity contribution is 7.99. The molecule has 18 heavy (non-hydrogen) atoms. The van der Waals surface area contributed by atoms with Crippen LogP contribution in [0.4, 0.5) is 0 Å². The maximum atomic E-state index is 12.5. The summed E-state index contributed by atoms with van der Waals surface area (Å²) in [4.78, 5) is 18.9. The van der Waals surface area contributed by atoms with Gasteiger partial charge >= 0.3 is 7.60 Å². The van der Waals surface area contributed by atoms with Crippen molar-refractivity contribution in [3.8, 4) is 0 Å². The molecule has 2 N–H and O–H groups in total. The van der Waals surface area contributed by atoms with E-state index < -0.39 is 21.9 Å². The smallest absolute Gasteiger partial charge is 0.323 e. The van der Waals surface area contributed by atoms with Gasteiger partial charge in [0.25, 0.3) is 0 Å². The zero-order valence-electron chi connectivity index (χ0n) is 10.3. The van der Waals surface area contributed by atoms with Gasteiger partial charge in [-0.2, -0.15) is 0 Å². The van der Waals surface area contributed by atoms with Gasteiger partial charge in [-0.3, -0.25) is 4.57 Å². The molecule has 0 saturated carbocycles. The van der Waals surface area contributed by atoms with Gasteiger partial charge in [0.1, 0.15) is 0 Å². The van der Waals surface area contributed by atoms with Crippen LogP contribution < -0.4 is 0 Å². The molecule has 1 aromatic rings. The third-order valence-corrected chi connectivity index (χ3v) is 8.79. The molecule has 0 spiro atoms. The van der Waals surface area contributed by atoms with Crippen LogP contribution >= 0.6 is 7.60 Å². The van der Waals surface area contributed by atoms with Crippen molar-refractivity contribution in [2.24, 2.45) is 0 Å². The van der Waals surface area contributed by atoms with E-state index in [-0.39, 0.29) is 17.7 Å². The first-order valence-electron chi connectivity index (χ1n) is 5.58. The molecule has 0 aliphatic rings. The molecule has 0 saturated heterocycles. The van der Waals surface area contributed by atoms with E-state index >= 15 is 0 Å². The summed E-state index contributed by atoms with van der Waals surface area (Å²) in [5.41, 5.74) is 0. The lowest BCUT2D eigenvalue weighted by atomic mass is 10.2. The molecule has 1 rings (SSSR count). The summed E-state index contributed by atoms with van der Waals surface area (Å²) in [6.07, 6.45) is -0.268. The summed E-state index contributed by atoms with van der Waals surface area (Å²) in [5, 5.41) is 0. The Hall–Kier alpha value is -0.680. The molecule has 5 nitrogen and oxygen atoms in total. The van der Waals surface area contributed by atoms with Crippen molar-refractivity contribution < 1.29 is 22.8 Å². The molecule has 1 aromatic carbocycles. The topological polar surface area (TPSA) is 91.7 Å². The summed E-state index contributed by atoms with van der Waals surface area (Å²) in [7, 11) is -8.87. The highest BCUT2D eigenvalue weighted by Gasteiger charge is 2.55. The van der Waals surface area contributed by atoms with E-state index in [0.717, 1.165) is 0 Å². The summed E-state index contributed by atoms with van der Waals surface area (Å²) in [6.45, 7) is 2.95. The molecular formula is C11H17O5PS. The lowest BCUT2D eigenvalue weighted by Crippen LogP contribution is -2.37. The quantitative estimate of drug-likeness (QED) is 0.811. The largest absolute Gasteiger partial charge is 0.347 e. The second kappa shape index (κ2) is 5.13. The van der Waals surface area contributed by atoms with Crippen LogP contribution in [0.3, 0.4) is 0 Å². The van der Waals surface area contributed by atoms with E-state index in [0.29, 0.717) is 0 Å². The van der Waals surface area contributed by atoms with Crippen molar-refractivity contribution in [1.29, 1.82) is 0 Å². The van der Waals surface area contributed by atoms with Gasteiger partial charge in [0, 0.05) is 0 Å². The minimum absolute atomic E-state index is 0.0583. The molecule has 0 aliphatic carbocycles. The van der Waals surface area contributed by atoms with Crippen LogP contribution in [0.1, 0.15) is 26.7 Å². The van der Waals surface area contributed by atoms with Gasteiger partial charge in [-0.15, -0.1) is 0 Å². The van der Waals surface area contributed by atoms with Gasteiger partial charge < -0.3 is 9.79 Å². The highest BCUT2D eigenvalue weighted by Crippen LogP contribution is 2.59. The van der Waals surface area contributed by atoms with Crippen molar-refractivity contribution in [1.82, 2.24) is 0 Å². The Morgan fingerprint density at radius 3 is 1.89 bits per heavy atom. The van der Waals surface area contributed by atoms with Crippen LogP contribution in [-0.4, -0.2) is 22.7 Å². The summed E-state index contributed by atoms with van der Waals surface area (Å²) in [6, 6.07) is 7.41. The van der Waals surface area contributed by atoms with Gasteiger partial charge in [-0.1, -0.05) is 32.0 Å². The monoisotopic (exact) mass is 292 g/mol. The molecule has 7 heteroatoms. The Morgan fingerprint density at radius 1 is 1.11 bits per heavy atom. The lowest BCUT2D eigenvalue weighted by molar-refractivity contribution is 0.341. The van der Waals surface area contributed by atoms with Crippen molar-refractivity contribution in [3.63, 3.8) is 0 Å². The molecule has 0 amide bonds. The lowest BCUT2D eigenvalue weighted by Gasteiger charge is -2.31.